The average Bonchev–Trinajstić information content (AvgIpc) is 2.78. The zero-order valence-electron chi connectivity index (χ0n) is 13.3. The molecular weight excluding hydrogens is 250 g/mol. The maximum atomic E-state index is 12.1. The molecule has 2 rings (SSSR count). The summed E-state index contributed by atoms with van der Waals surface area (Å²) >= 11 is 0. The van der Waals surface area contributed by atoms with Gasteiger partial charge in [0.2, 0.25) is 5.91 Å². The summed E-state index contributed by atoms with van der Waals surface area (Å²) in [6.45, 7) is 10.4. The maximum Gasteiger partial charge on any atom is 0.234 e. The third-order valence-corrected chi connectivity index (χ3v) is 4.63. The number of fused-ring (bicyclic) bond motifs is 1. The van der Waals surface area contributed by atoms with Crippen LogP contribution >= 0.6 is 0 Å². The van der Waals surface area contributed by atoms with Crippen LogP contribution in [0.5, 0.6) is 0 Å². The molecule has 0 aromatic rings. The molecule has 4 nitrogen and oxygen atoms in total. The molecular formula is C16H31N3O. The predicted octanol–water partition coefficient (Wildman–Crippen LogP) is 1.61. The van der Waals surface area contributed by atoms with Gasteiger partial charge in [-0.1, -0.05) is 13.8 Å². The zero-order valence-corrected chi connectivity index (χ0v) is 13.3. The first-order valence-corrected chi connectivity index (χ1v) is 8.29. The van der Waals surface area contributed by atoms with Crippen molar-refractivity contribution in [3.05, 3.63) is 0 Å². The van der Waals surface area contributed by atoms with Crippen LogP contribution in [0.3, 0.4) is 0 Å². The Morgan fingerprint density at radius 3 is 2.80 bits per heavy atom. The molecule has 2 fully saturated rings. The number of nitrogens with one attached hydrogen (secondary N) is 2. The number of hydrogen-bond donors (Lipinski definition) is 2. The molecule has 2 heterocycles. The van der Waals surface area contributed by atoms with Crippen LogP contribution in [0.15, 0.2) is 0 Å². The molecule has 0 saturated carbocycles. The molecule has 0 aromatic carbocycles. The van der Waals surface area contributed by atoms with Gasteiger partial charge in [-0.2, -0.15) is 0 Å². The van der Waals surface area contributed by atoms with Crippen LogP contribution in [0.2, 0.25) is 0 Å². The standard InChI is InChI=1S/C16H31N3O/c1-12(2)6-7-13(3)18-16(20)11-19-9-14-5-4-8-17-15(14)10-19/h12-15,17H,4-11H2,1-3H3,(H,18,20)/t13?,14-,15+/m0/s1. The smallest absolute Gasteiger partial charge is 0.234 e. The van der Waals surface area contributed by atoms with Gasteiger partial charge in [-0.3, -0.25) is 9.69 Å². The van der Waals surface area contributed by atoms with E-state index in [1.807, 2.05) is 0 Å². The monoisotopic (exact) mass is 281 g/mol. The lowest BCUT2D eigenvalue weighted by atomic mass is 9.94. The first-order valence-electron chi connectivity index (χ1n) is 8.29. The highest BCUT2D eigenvalue weighted by Gasteiger charge is 2.34. The summed E-state index contributed by atoms with van der Waals surface area (Å²) in [7, 11) is 0. The van der Waals surface area contributed by atoms with Crippen LogP contribution in [-0.2, 0) is 4.79 Å². The molecule has 0 aromatic heterocycles. The Morgan fingerprint density at radius 2 is 2.10 bits per heavy atom. The Labute approximate surface area is 123 Å². The molecule has 2 saturated heterocycles. The van der Waals surface area contributed by atoms with E-state index in [2.05, 4.69) is 36.3 Å². The molecule has 3 atom stereocenters. The topological polar surface area (TPSA) is 44.4 Å². The van der Waals surface area contributed by atoms with E-state index in [0.29, 0.717) is 24.5 Å². The molecule has 2 aliphatic rings. The van der Waals surface area contributed by atoms with E-state index in [-0.39, 0.29) is 5.91 Å². The predicted molar refractivity (Wildman–Crippen MR) is 82.6 cm³/mol. The van der Waals surface area contributed by atoms with Crippen LogP contribution < -0.4 is 10.6 Å². The quantitative estimate of drug-likeness (QED) is 0.777. The first kappa shape index (κ1) is 15.8. The SMILES string of the molecule is CC(C)CCC(C)NC(=O)CN1C[C@@H]2CCCN[C@@H]2C1. The zero-order chi connectivity index (χ0) is 14.5. The van der Waals surface area contributed by atoms with E-state index in [9.17, 15) is 4.79 Å². The minimum atomic E-state index is 0.194. The van der Waals surface area contributed by atoms with E-state index in [1.54, 1.807) is 0 Å². The van der Waals surface area contributed by atoms with E-state index in [0.717, 1.165) is 32.0 Å². The molecule has 20 heavy (non-hydrogen) atoms. The van der Waals surface area contributed by atoms with Gasteiger partial charge in [-0.05, 0) is 51.0 Å². The van der Waals surface area contributed by atoms with Gasteiger partial charge in [0, 0.05) is 25.2 Å². The highest BCUT2D eigenvalue weighted by Crippen LogP contribution is 2.24. The molecule has 2 N–H and O–H groups in total. The first-order chi connectivity index (χ1) is 9.54. The number of carbonyl (C=O) groups excluding carboxylic acids is 1. The fourth-order valence-electron chi connectivity index (χ4n) is 3.44. The van der Waals surface area contributed by atoms with Gasteiger partial charge in [0.15, 0.2) is 0 Å². The number of amides is 1. The Morgan fingerprint density at radius 1 is 1.30 bits per heavy atom. The van der Waals surface area contributed by atoms with Crippen molar-refractivity contribution < 1.29 is 4.79 Å². The van der Waals surface area contributed by atoms with E-state index in [1.165, 1.54) is 19.3 Å². The van der Waals surface area contributed by atoms with E-state index in [4.69, 9.17) is 0 Å². The Kier molecular flexibility index (Phi) is 5.85. The number of carbonyl (C=O) groups is 1. The Bertz CT molecular complexity index is 305. The fraction of sp³-hybridized carbons (Fsp3) is 0.938. The Hall–Kier alpha value is -0.610. The highest BCUT2D eigenvalue weighted by molar-refractivity contribution is 5.78. The normalized spacial score (nSPS) is 28.4. The molecule has 1 amide bonds. The molecule has 1 unspecified atom stereocenters. The second-order valence-electron chi connectivity index (χ2n) is 7.10. The second-order valence-corrected chi connectivity index (χ2v) is 7.10. The van der Waals surface area contributed by atoms with Crippen molar-refractivity contribution in [1.29, 1.82) is 0 Å². The van der Waals surface area contributed by atoms with E-state index >= 15 is 0 Å². The van der Waals surface area contributed by atoms with Crippen molar-refractivity contribution in [2.24, 2.45) is 11.8 Å². The van der Waals surface area contributed by atoms with Gasteiger partial charge in [0.1, 0.15) is 0 Å². The van der Waals surface area contributed by atoms with Crippen molar-refractivity contribution in [2.45, 2.75) is 58.5 Å². The minimum Gasteiger partial charge on any atom is -0.353 e. The van der Waals surface area contributed by atoms with Gasteiger partial charge >= 0.3 is 0 Å². The summed E-state index contributed by atoms with van der Waals surface area (Å²) in [5.74, 6) is 1.66. The number of nitrogens with zero attached hydrogens (tertiary/aromatic N) is 1. The summed E-state index contributed by atoms with van der Waals surface area (Å²) < 4.78 is 0. The third kappa shape index (κ3) is 4.74. The van der Waals surface area contributed by atoms with Crippen molar-refractivity contribution >= 4 is 5.91 Å². The summed E-state index contributed by atoms with van der Waals surface area (Å²) in [5.41, 5.74) is 0. The van der Waals surface area contributed by atoms with Crippen LogP contribution in [0, 0.1) is 11.8 Å². The largest absolute Gasteiger partial charge is 0.353 e. The number of hydrogen-bond acceptors (Lipinski definition) is 3. The van der Waals surface area contributed by atoms with Crippen LogP contribution in [0.1, 0.15) is 46.5 Å². The van der Waals surface area contributed by atoms with Gasteiger partial charge in [-0.15, -0.1) is 0 Å². The lowest BCUT2D eigenvalue weighted by molar-refractivity contribution is -0.122. The molecule has 0 aliphatic carbocycles. The van der Waals surface area contributed by atoms with Crippen molar-refractivity contribution in [3.8, 4) is 0 Å². The fourth-order valence-corrected chi connectivity index (χ4v) is 3.44. The van der Waals surface area contributed by atoms with Crippen LogP contribution in [-0.4, -0.2) is 49.1 Å². The van der Waals surface area contributed by atoms with E-state index < -0.39 is 0 Å². The van der Waals surface area contributed by atoms with Gasteiger partial charge in [0.05, 0.1) is 6.54 Å². The van der Waals surface area contributed by atoms with Gasteiger partial charge in [-0.25, -0.2) is 0 Å². The summed E-state index contributed by atoms with van der Waals surface area (Å²) in [4.78, 5) is 14.4. The number of likely N-dealkylation sites (tertiary alicyclic amines) is 1. The summed E-state index contributed by atoms with van der Waals surface area (Å²) in [5, 5.41) is 6.73. The average molecular weight is 281 g/mol. The lowest BCUT2D eigenvalue weighted by Gasteiger charge is -2.24. The summed E-state index contributed by atoms with van der Waals surface area (Å²) in [6, 6.07) is 0.919. The molecule has 0 bridgehead atoms. The molecule has 116 valence electrons. The number of piperidine rings is 1. The molecule has 0 spiro atoms. The Balaban J connectivity index is 1.67. The van der Waals surface area contributed by atoms with Gasteiger partial charge < -0.3 is 10.6 Å². The second kappa shape index (κ2) is 7.41. The lowest BCUT2D eigenvalue weighted by Crippen LogP contribution is -2.42. The summed E-state index contributed by atoms with van der Waals surface area (Å²) in [6.07, 6.45) is 4.86. The molecule has 0 radical (unpaired) electrons. The van der Waals surface area contributed by atoms with Crippen molar-refractivity contribution in [1.82, 2.24) is 15.5 Å². The maximum absolute atomic E-state index is 12.1. The highest BCUT2D eigenvalue weighted by atomic mass is 16.2. The van der Waals surface area contributed by atoms with Crippen LogP contribution in [0.4, 0.5) is 0 Å². The molecule has 2 aliphatic heterocycles. The van der Waals surface area contributed by atoms with Crippen molar-refractivity contribution in [3.63, 3.8) is 0 Å². The molecule has 4 heteroatoms. The van der Waals surface area contributed by atoms with Crippen LogP contribution in [0.25, 0.3) is 0 Å². The minimum absolute atomic E-state index is 0.194. The van der Waals surface area contributed by atoms with Gasteiger partial charge in [0.25, 0.3) is 0 Å². The third-order valence-electron chi connectivity index (χ3n) is 4.63. The van der Waals surface area contributed by atoms with Crippen molar-refractivity contribution in [2.75, 3.05) is 26.2 Å². The number of rotatable bonds is 6.